The molecule has 184 valence electrons. The molecule has 0 bridgehead atoms. The molecule has 0 unspecified atom stereocenters. The zero-order valence-corrected chi connectivity index (χ0v) is 21.0. The number of carboxylic acid groups (broad SMARTS) is 1. The van der Waals surface area contributed by atoms with Crippen LogP contribution < -0.4 is 9.47 Å². The quantitative estimate of drug-likeness (QED) is 0.216. The fourth-order valence-corrected chi connectivity index (χ4v) is 4.75. The van der Waals surface area contributed by atoms with Gasteiger partial charge in [-0.25, -0.2) is 0 Å². The molecular weight excluding hydrogens is 496 g/mol. The minimum atomic E-state index is -1.12. The number of carboxylic acids is 1. The van der Waals surface area contributed by atoms with Crippen LogP contribution in [-0.4, -0.2) is 44.3 Å². The lowest BCUT2D eigenvalue weighted by Gasteiger charge is -2.13. The highest BCUT2D eigenvalue weighted by Crippen LogP contribution is 2.35. The van der Waals surface area contributed by atoms with Crippen molar-refractivity contribution < 1.29 is 24.2 Å². The predicted octanol–water partition coefficient (Wildman–Crippen LogP) is 4.96. The number of hydrogen-bond acceptors (Lipinski definition) is 7. The van der Waals surface area contributed by atoms with Crippen molar-refractivity contribution in [2.75, 3.05) is 13.2 Å². The first kappa shape index (κ1) is 25.4. The van der Waals surface area contributed by atoms with Crippen molar-refractivity contribution in [3.05, 3.63) is 94.7 Å². The van der Waals surface area contributed by atoms with Crippen molar-refractivity contribution in [1.29, 1.82) is 0 Å². The van der Waals surface area contributed by atoms with Gasteiger partial charge in [0.2, 0.25) is 0 Å². The maximum absolute atomic E-state index is 12.7. The molecule has 3 aromatic rings. The highest BCUT2D eigenvalue weighted by atomic mass is 32.2. The Hall–Kier alpha value is -3.69. The number of aliphatic carboxylic acids is 1. The average Bonchev–Trinajstić information content (AvgIpc) is 3.14. The molecule has 1 aromatic heterocycles. The number of rotatable bonds is 11. The summed E-state index contributed by atoms with van der Waals surface area (Å²) in [6.45, 7) is 0.307. The van der Waals surface area contributed by atoms with Crippen LogP contribution in [0.5, 0.6) is 11.5 Å². The largest absolute Gasteiger partial charge is 0.493 e. The number of carbonyl (C=O) groups excluding carboxylic acids is 1. The number of carbonyl (C=O) groups is 2. The minimum absolute atomic E-state index is 0.211. The van der Waals surface area contributed by atoms with Gasteiger partial charge in [-0.2, -0.15) is 0 Å². The van der Waals surface area contributed by atoms with Gasteiger partial charge >= 0.3 is 5.97 Å². The molecule has 0 atom stereocenters. The third-order valence-corrected chi connectivity index (χ3v) is 6.64. The average molecular weight is 521 g/mol. The van der Waals surface area contributed by atoms with Crippen molar-refractivity contribution >= 4 is 46.3 Å². The van der Waals surface area contributed by atoms with Gasteiger partial charge in [-0.3, -0.25) is 19.5 Å². The number of amides is 1. The lowest BCUT2D eigenvalue weighted by atomic mass is 10.1. The topological polar surface area (TPSA) is 89.0 Å². The Kier molecular flexibility index (Phi) is 8.70. The third-order valence-electron chi connectivity index (χ3n) is 5.26. The Labute approximate surface area is 218 Å². The SMILES string of the molecule is O=C(O)CN1C(=O)/C(=C/c2ccc(OCCCc3ccccc3)cc2OCc2ccccn2)SC1=S. The van der Waals surface area contributed by atoms with E-state index in [0.29, 0.717) is 28.6 Å². The first-order valence-electron chi connectivity index (χ1n) is 11.3. The highest BCUT2D eigenvalue weighted by Gasteiger charge is 2.33. The highest BCUT2D eigenvalue weighted by molar-refractivity contribution is 8.26. The van der Waals surface area contributed by atoms with E-state index in [0.717, 1.165) is 35.2 Å². The second-order valence-corrected chi connectivity index (χ2v) is 9.58. The van der Waals surface area contributed by atoms with E-state index in [1.165, 1.54) is 5.56 Å². The van der Waals surface area contributed by atoms with Gasteiger partial charge in [-0.15, -0.1) is 0 Å². The molecule has 1 fully saturated rings. The second kappa shape index (κ2) is 12.3. The fourth-order valence-electron chi connectivity index (χ4n) is 3.51. The van der Waals surface area contributed by atoms with Crippen LogP contribution in [0.3, 0.4) is 0 Å². The molecule has 9 heteroatoms. The number of pyridine rings is 1. The van der Waals surface area contributed by atoms with E-state index in [9.17, 15) is 9.59 Å². The van der Waals surface area contributed by atoms with Crippen molar-refractivity contribution in [2.24, 2.45) is 0 Å². The molecule has 36 heavy (non-hydrogen) atoms. The summed E-state index contributed by atoms with van der Waals surface area (Å²) >= 11 is 6.26. The number of aromatic nitrogens is 1. The lowest BCUT2D eigenvalue weighted by molar-refractivity contribution is -0.140. The van der Waals surface area contributed by atoms with Gasteiger partial charge in [0.1, 0.15) is 29.0 Å². The van der Waals surface area contributed by atoms with Crippen LogP contribution >= 0.6 is 24.0 Å². The van der Waals surface area contributed by atoms with Crippen LogP contribution in [0.2, 0.25) is 0 Å². The van der Waals surface area contributed by atoms with Crippen LogP contribution in [0.1, 0.15) is 23.2 Å². The Balaban J connectivity index is 1.49. The smallest absolute Gasteiger partial charge is 0.323 e. The molecule has 2 heterocycles. The molecule has 1 amide bonds. The zero-order valence-electron chi connectivity index (χ0n) is 19.3. The van der Waals surface area contributed by atoms with Crippen molar-refractivity contribution in [3.63, 3.8) is 0 Å². The Morgan fingerprint density at radius 3 is 2.64 bits per heavy atom. The maximum Gasteiger partial charge on any atom is 0.323 e. The number of aryl methyl sites for hydroxylation is 1. The number of benzene rings is 2. The van der Waals surface area contributed by atoms with Gasteiger partial charge in [0.05, 0.1) is 17.2 Å². The van der Waals surface area contributed by atoms with E-state index in [4.69, 9.17) is 26.8 Å². The van der Waals surface area contributed by atoms with Crippen LogP contribution in [0.15, 0.2) is 77.8 Å². The van der Waals surface area contributed by atoms with Crippen molar-refractivity contribution in [3.8, 4) is 11.5 Å². The van der Waals surface area contributed by atoms with Crippen LogP contribution in [0.25, 0.3) is 6.08 Å². The molecule has 0 spiro atoms. The molecule has 4 rings (SSSR count). The molecular formula is C27H24N2O5S2. The summed E-state index contributed by atoms with van der Waals surface area (Å²) in [5.74, 6) is -0.399. The van der Waals surface area contributed by atoms with Gasteiger partial charge in [-0.05, 0) is 48.7 Å². The summed E-state index contributed by atoms with van der Waals surface area (Å²) in [7, 11) is 0. The summed E-state index contributed by atoms with van der Waals surface area (Å²) < 4.78 is 12.2. The third kappa shape index (κ3) is 6.93. The van der Waals surface area contributed by atoms with Gasteiger partial charge in [0.15, 0.2) is 0 Å². The van der Waals surface area contributed by atoms with Crippen LogP contribution in [-0.2, 0) is 22.6 Å². The van der Waals surface area contributed by atoms with Gasteiger partial charge in [0.25, 0.3) is 5.91 Å². The van der Waals surface area contributed by atoms with Crippen LogP contribution in [0.4, 0.5) is 0 Å². The fraction of sp³-hybridized carbons (Fsp3) is 0.185. The first-order valence-corrected chi connectivity index (χ1v) is 12.5. The van der Waals surface area contributed by atoms with E-state index >= 15 is 0 Å². The van der Waals surface area contributed by atoms with Crippen molar-refractivity contribution in [1.82, 2.24) is 9.88 Å². The number of nitrogens with zero attached hydrogens (tertiary/aromatic N) is 2. The molecule has 2 aromatic carbocycles. The number of hydrogen-bond donors (Lipinski definition) is 1. The number of ether oxygens (including phenoxy) is 2. The maximum atomic E-state index is 12.7. The lowest BCUT2D eigenvalue weighted by Crippen LogP contribution is -2.33. The molecule has 1 aliphatic heterocycles. The molecule has 1 N–H and O–H groups in total. The summed E-state index contributed by atoms with van der Waals surface area (Å²) in [6.07, 6.45) is 5.13. The summed E-state index contributed by atoms with van der Waals surface area (Å²) in [6, 6.07) is 21.2. The Morgan fingerprint density at radius 2 is 1.89 bits per heavy atom. The van der Waals surface area contributed by atoms with E-state index in [1.807, 2.05) is 48.5 Å². The van der Waals surface area contributed by atoms with E-state index in [2.05, 4.69) is 17.1 Å². The van der Waals surface area contributed by atoms with E-state index in [-0.39, 0.29) is 10.9 Å². The summed E-state index contributed by atoms with van der Waals surface area (Å²) in [5.41, 5.74) is 2.67. The number of thioether (sulfide) groups is 1. The minimum Gasteiger partial charge on any atom is -0.493 e. The van der Waals surface area contributed by atoms with Gasteiger partial charge in [0, 0.05) is 17.8 Å². The van der Waals surface area contributed by atoms with Gasteiger partial charge < -0.3 is 14.6 Å². The molecule has 0 radical (unpaired) electrons. The normalized spacial score (nSPS) is 14.3. The first-order chi connectivity index (χ1) is 17.5. The molecule has 0 aliphatic carbocycles. The Morgan fingerprint density at radius 1 is 1.08 bits per heavy atom. The Bertz CT molecular complexity index is 1270. The van der Waals surface area contributed by atoms with E-state index in [1.54, 1.807) is 18.3 Å². The predicted molar refractivity (Wildman–Crippen MR) is 143 cm³/mol. The molecule has 7 nitrogen and oxygen atoms in total. The standard InChI is InChI=1S/C27H24N2O5S2/c30-25(31)17-29-26(32)24(36-27(29)35)15-20-11-12-22(33-14-6-9-19-7-2-1-3-8-19)16-23(20)34-18-21-10-4-5-13-28-21/h1-5,7-8,10-13,15-16H,6,9,14,17-18H2,(H,30,31)/b24-15-. The van der Waals surface area contributed by atoms with Gasteiger partial charge in [-0.1, -0.05) is 60.4 Å². The molecule has 0 saturated carbocycles. The molecule has 1 aliphatic rings. The summed E-state index contributed by atoms with van der Waals surface area (Å²) in [4.78, 5) is 29.5. The zero-order chi connectivity index (χ0) is 25.3. The van der Waals surface area contributed by atoms with Crippen molar-refractivity contribution in [2.45, 2.75) is 19.4 Å². The summed E-state index contributed by atoms with van der Waals surface area (Å²) in [5, 5.41) is 9.07. The van der Waals surface area contributed by atoms with E-state index < -0.39 is 18.4 Å². The number of thiocarbonyl (C=S) groups is 1. The monoisotopic (exact) mass is 520 g/mol. The molecule has 1 saturated heterocycles. The van der Waals surface area contributed by atoms with Crippen LogP contribution in [0, 0.1) is 0 Å². The second-order valence-electron chi connectivity index (χ2n) is 7.91.